The molecule has 1 aliphatic heterocycles. The number of rotatable bonds is 4. The van der Waals surface area contributed by atoms with E-state index in [-0.39, 0.29) is 11.9 Å². The van der Waals surface area contributed by atoms with Crippen LogP contribution in [0.4, 0.5) is 4.79 Å². The lowest BCUT2D eigenvalue weighted by molar-refractivity contribution is -0.122. The second kappa shape index (κ2) is 7.19. The lowest BCUT2D eigenvalue weighted by Crippen LogP contribution is -2.30. The molecule has 1 saturated heterocycles. The number of amides is 3. The van der Waals surface area contributed by atoms with Crippen molar-refractivity contribution in [3.05, 3.63) is 89.8 Å². The van der Waals surface area contributed by atoms with E-state index in [4.69, 9.17) is 0 Å². The smallest absolute Gasteiger partial charge is 0.328 e. The highest BCUT2D eigenvalue weighted by Gasteiger charge is 2.32. The van der Waals surface area contributed by atoms with E-state index in [2.05, 4.69) is 46.3 Å². The minimum Gasteiger partial charge on any atom is -0.342 e. The summed E-state index contributed by atoms with van der Waals surface area (Å²) in [5.74, 6) is -0.283. The Morgan fingerprint density at radius 3 is 2.50 bits per heavy atom. The van der Waals surface area contributed by atoms with Crippen LogP contribution >= 0.6 is 0 Å². The first-order valence-corrected chi connectivity index (χ1v) is 10.0. The van der Waals surface area contributed by atoms with Crippen LogP contribution < -0.4 is 5.32 Å². The number of likely N-dealkylation sites (N-methyl/N-ethyl adjacent to an activating group) is 1. The molecule has 30 heavy (non-hydrogen) atoms. The molecule has 5 rings (SSSR count). The molecule has 2 heterocycles. The summed E-state index contributed by atoms with van der Waals surface area (Å²) in [7, 11) is 0. The van der Waals surface area contributed by atoms with Crippen LogP contribution in [0, 0.1) is 0 Å². The summed E-state index contributed by atoms with van der Waals surface area (Å²) in [5, 5.41) is 6.17. The van der Waals surface area contributed by atoms with Gasteiger partial charge in [0.2, 0.25) is 0 Å². The molecule has 1 aromatic heterocycles. The van der Waals surface area contributed by atoms with E-state index in [1.54, 1.807) is 13.0 Å². The normalized spacial score (nSPS) is 15.5. The largest absolute Gasteiger partial charge is 0.342 e. The minimum absolute atomic E-state index is 0.283. The average molecular weight is 395 g/mol. The zero-order valence-electron chi connectivity index (χ0n) is 16.6. The van der Waals surface area contributed by atoms with Crippen LogP contribution in [0.25, 0.3) is 27.8 Å². The fourth-order valence-electron chi connectivity index (χ4n) is 4.07. The zero-order chi connectivity index (χ0) is 20.7. The first-order chi connectivity index (χ1) is 14.6. The second-order valence-electron chi connectivity index (χ2n) is 7.45. The third-order valence-corrected chi connectivity index (χ3v) is 5.56. The summed E-state index contributed by atoms with van der Waals surface area (Å²) in [6.45, 7) is 2.86. The van der Waals surface area contributed by atoms with Gasteiger partial charge in [-0.2, -0.15) is 0 Å². The monoisotopic (exact) mass is 395 g/mol. The van der Waals surface area contributed by atoms with Gasteiger partial charge in [-0.15, -0.1) is 0 Å². The van der Waals surface area contributed by atoms with Crippen molar-refractivity contribution in [2.75, 3.05) is 6.54 Å². The molecule has 0 bridgehead atoms. The third kappa shape index (κ3) is 3.05. The number of fused-ring (bicyclic) bond motifs is 2. The van der Waals surface area contributed by atoms with Gasteiger partial charge in [0.15, 0.2) is 0 Å². The Labute approximate surface area is 174 Å². The van der Waals surface area contributed by atoms with Crippen molar-refractivity contribution in [2.45, 2.75) is 13.5 Å². The van der Waals surface area contributed by atoms with Crippen molar-refractivity contribution in [3.63, 3.8) is 0 Å². The quantitative estimate of drug-likeness (QED) is 0.400. The van der Waals surface area contributed by atoms with E-state index in [0.717, 1.165) is 23.0 Å². The molecule has 0 unspecified atom stereocenters. The van der Waals surface area contributed by atoms with Gasteiger partial charge in [0.1, 0.15) is 5.70 Å². The van der Waals surface area contributed by atoms with Crippen LogP contribution in [-0.4, -0.2) is 28.0 Å². The topological polar surface area (TPSA) is 54.3 Å². The van der Waals surface area contributed by atoms with Gasteiger partial charge in [0.25, 0.3) is 5.91 Å². The number of nitrogens with zero attached hydrogens (tertiary/aromatic N) is 2. The van der Waals surface area contributed by atoms with Crippen molar-refractivity contribution in [2.24, 2.45) is 0 Å². The van der Waals surface area contributed by atoms with Gasteiger partial charge in [0.05, 0.1) is 0 Å². The van der Waals surface area contributed by atoms with Gasteiger partial charge in [0, 0.05) is 35.8 Å². The fraction of sp³-hybridized carbons (Fsp3) is 0.120. The van der Waals surface area contributed by atoms with Crippen LogP contribution in [0.5, 0.6) is 0 Å². The van der Waals surface area contributed by atoms with Gasteiger partial charge in [-0.3, -0.25) is 9.69 Å². The summed E-state index contributed by atoms with van der Waals surface area (Å²) in [6, 6.07) is 22.6. The molecule has 1 aliphatic rings. The zero-order valence-corrected chi connectivity index (χ0v) is 16.6. The Bertz CT molecular complexity index is 1330. The number of nitrogens with one attached hydrogen (secondary N) is 1. The molecule has 148 valence electrons. The van der Waals surface area contributed by atoms with E-state index >= 15 is 0 Å². The molecule has 3 amide bonds. The molecule has 3 aromatic carbocycles. The summed E-state index contributed by atoms with van der Waals surface area (Å²) in [6.07, 6.45) is 3.82. The highest BCUT2D eigenvalue weighted by molar-refractivity contribution is 6.14. The molecule has 5 nitrogen and oxygen atoms in total. The SMILES string of the molecule is CCN1C(=O)N/C(=C/c2cn(Cc3ccc4ccccc4c3)c3ccccc23)C1=O. The summed E-state index contributed by atoms with van der Waals surface area (Å²) >= 11 is 0. The minimum atomic E-state index is -0.367. The highest BCUT2D eigenvalue weighted by atomic mass is 16.2. The Balaban J connectivity index is 1.55. The molecule has 1 fully saturated rings. The molecule has 5 heteroatoms. The average Bonchev–Trinajstić information content (AvgIpc) is 3.24. The molecule has 0 radical (unpaired) electrons. The Hall–Kier alpha value is -3.86. The van der Waals surface area contributed by atoms with Crippen LogP contribution in [0.15, 0.2) is 78.6 Å². The standard InChI is InChI=1S/C25H21N3O2/c1-2-28-24(29)22(26-25(28)30)14-20-16-27(23-10-6-5-9-21(20)23)15-17-11-12-18-7-3-4-8-19(18)13-17/h3-14,16H,2,15H2,1H3,(H,26,30)/b22-14+. The number of hydrogen-bond acceptors (Lipinski definition) is 2. The number of urea groups is 1. The Morgan fingerprint density at radius 2 is 1.70 bits per heavy atom. The highest BCUT2D eigenvalue weighted by Crippen LogP contribution is 2.26. The molecule has 1 N–H and O–H groups in total. The van der Waals surface area contributed by atoms with Gasteiger partial charge < -0.3 is 9.88 Å². The van der Waals surface area contributed by atoms with E-state index < -0.39 is 0 Å². The van der Waals surface area contributed by atoms with Crippen molar-refractivity contribution in [3.8, 4) is 0 Å². The lowest BCUT2D eigenvalue weighted by Gasteiger charge is -2.07. The molecular weight excluding hydrogens is 374 g/mol. The van der Waals surface area contributed by atoms with Gasteiger partial charge in [-0.1, -0.05) is 54.6 Å². The molecule has 0 atom stereocenters. The van der Waals surface area contributed by atoms with E-state index in [1.165, 1.54) is 21.2 Å². The lowest BCUT2D eigenvalue weighted by atomic mass is 10.1. The number of hydrogen-bond donors (Lipinski definition) is 1. The van der Waals surface area contributed by atoms with E-state index in [0.29, 0.717) is 12.2 Å². The number of para-hydroxylation sites is 1. The van der Waals surface area contributed by atoms with Crippen LogP contribution in [0.3, 0.4) is 0 Å². The van der Waals surface area contributed by atoms with Crippen LogP contribution in [-0.2, 0) is 11.3 Å². The molecule has 0 saturated carbocycles. The van der Waals surface area contributed by atoms with Crippen molar-refractivity contribution < 1.29 is 9.59 Å². The van der Waals surface area contributed by atoms with Crippen molar-refractivity contribution in [1.29, 1.82) is 0 Å². The number of aromatic nitrogens is 1. The predicted molar refractivity (Wildman–Crippen MR) is 119 cm³/mol. The first-order valence-electron chi connectivity index (χ1n) is 10.0. The maximum atomic E-state index is 12.5. The second-order valence-corrected chi connectivity index (χ2v) is 7.45. The molecule has 0 spiro atoms. The summed E-state index contributed by atoms with van der Waals surface area (Å²) in [5.41, 5.74) is 3.51. The molecule has 4 aromatic rings. The third-order valence-electron chi connectivity index (χ3n) is 5.56. The molecule has 0 aliphatic carbocycles. The maximum absolute atomic E-state index is 12.5. The van der Waals surface area contributed by atoms with Gasteiger partial charge in [-0.05, 0) is 41.5 Å². The van der Waals surface area contributed by atoms with Crippen molar-refractivity contribution in [1.82, 2.24) is 14.8 Å². The number of benzene rings is 3. The van der Waals surface area contributed by atoms with Crippen LogP contribution in [0.2, 0.25) is 0 Å². The molecular formula is C25H21N3O2. The Kier molecular flexibility index (Phi) is 4.36. The van der Waals surface area contributed by atoms with Gasteiger partial charge >= 0.3 is 6.03 Å². The summed E-state index contributed by atoms with van der Waals surface area (Å²) in [4.78, 5) is 25.7. The number of imide groups is 1. The number of carbonyl (C=O) groups is 2. The maximum Gasteiger partial charge on any atom is 0.328 e. The first kappa shape index (κ1) is 18.2. The summed E-state index contributed by atoms with van der Waals surface area (Å²) < 4.78 is 2.19. The predicted octanol–water partition coefficient (Wildman–Crippen LogP) is 4.76. The van der Waals surface area contributed by atoms with E-state index in [9.17, 15) is 9.59 Å². The van der Waals surface area contributed by atoms with E-state index in [1.807, 2.05) is 36.5 Å². The van der Waals surface area contributed by atoms with Crippen LogP contribution in [0.1, 0.15) is 18.1 Å². The Morgan fingerprint density at radius 1 is 0.933 bits per heavy atom. The fourth-order valence-corrected chi connectivity index (χ4v) is 4.07. The van der Waals surface area contributed by atoms with Gasteiger partial charge in [-0.25, -0.2) is 4.79 Å². The number of carbonyl (C=O) groups excluding carboxylic acids is 2. The van der Waals surface area contributed by atoms with Crippen molar-refractivity contribution >= 4 is 39.7 Å².